The maximum absolute atomic E-state index is 2.36. The third-order valence-electron chi connectivity index (χ3n) is 0.692. The Morgan fingerprint density at radius 1 is 1.00 bits per heavy atom. The average Bonchev–Trinajstić information content (AvgIpc) is 1.81. The van der Waals surface area contributed by atoms with Crippen molar-refractivity contribution in [2.45, 2.75) is 18.9 Å². The van der Waals surface area contributed by atoms with Crippen molar-refractivity contribution in [3.8, 4) is 0 Å². The van der Waals surface area contributed by atoms with Gasteiger partial charge in [0.15, 0.2) is 0 Å². The number of allylic oxidation sites excluding steroid dienone is 2. The first-order valence-electron chi connectivity index (χ1n) is 2.54. The fourth-order valence-electron chi connectivity index (χ4n) is 0.329. The summed E-state index contributed by atoms with van der Waals surface area (Å²) >= 11 is 0.753. The quantitative estimate of drug-likeness (QED) is 0.542. The van der Waals surface area contributed by atoms with Crippen molar-refractivity contribution in [3.05, 3.63) is 12.2 Å². The summed E-state index contributed by atoms with van der Waals surface area (Å²) in [5, 5.41) is 0. The van der Waals surface area contributed by atoms with E-state index in [9.17, 15) is 0 Å². The third-order valence-corrected chi connectivity index (χ3v) is 3.69. The van der Waals surface area contributed by atoms with Crippen molar-refractivity contribution in [1.29, 1.82) is 0 Å². The van der Waals surface area contributed by atoms with Crippen LogP contribution in [0.1, 0.15) is 0 Å². The minimum atomic E-state index is 0.376. The van der Waals surface area contributed by atoms with Crippen LogP contribution in [0.3, 0.4) is 0 Å². The first-order valence-corrected chi connectivity index (χ1v) is 10.5. The van der Waals surface area contributed by atoms with Crippen LogP contribution in [-0.2, 0) is 0 Å². The monoisotopic (exact) mass is 344 g/mol. The molecule has 2 heteroatoms. The molecule has 0 spiro atoms. The van der Waals surface area contributed by atoms with Crippen LogP contribution >= 0.6 is 0 Å². The van der Waals surface area contributed by atoms with E-state index in [1.165, 1.54) is 8.94 Å². The van der Waals surface area contributed by atoms with Crippen LogP contribution < -0.4 is 0 Å². The van der Waals surface area contributed by atoms with Crippen LogP contribution in [0.15, 0.2) is 12.2 Å². The molecule has 48 valence electrons. The van der Waals surface area contributed by atoms with Gasteiger partial charge in [-0.1, -0.05) is 0 Å². The zero-order valence-electron chi connectivity index (χ0n) is 5.39. The molecule has 0 fully saturated rings. The van der Waals surface area contributed by atoms with Crippen molar-refractivity contribution in [1.82, 2.24) is 0 Å². The third kappa shape index (κ3) is 7.32. The molecule has 0 aliphatic rings. The molecule has 0 atom stereocenters. The molecule has 0 nitrogen and oxygen atoms in total. The van der Waals surface area contributed by atoms with Gasteiger partial charge in [-0.2, -0.15) is 0 Å². The summed E-state index contributed by atoms with van der Waals surface area (Å²) in [5.74, 6) is 0. The molecule has 0 aromatic carbocycles. The van der Waals surface area contributed by atoms with E-state index < -0.39 is 0 Å². The van der Waals surface area contributed by atoms with E-state index >= 15 is 0 Å². The first kappa shape index (κ1) is 9.32. The Labute approximate surface area is 72.3 Å². The van der Waals surface area contributed by atoms with Crippen molar-refractivity contribution >= 4 is 41.8 Å². The summed E-state index contributed by atoms with van der Waals surface area (Å²) in [4.78, 5) is 4.69. The van der Waals surface area contributed by atoms with E-state index in [4.69, 9.17) is 0 Å². The fraction of sp³-hybridized carbons (Fsp3) is 0.667. The van der Waals surface area contributed by atoms with E-state index in [-0.39, 0.29) is 0 Å². The Bertz CT molecular complexity index is 51.5. The van der Waals surface area contributed by atoms with Gasteiger partial charge in [0.1, 0.15) is 0 Å². The van der Waals surface area contributed by atoms with Gasteiger partial charge in [0.25, 0.3) is 0 Å². The summed E-state index contributed by atoms with van der Waals surface area (Å²) in [6.45, 7) is 0. The van der Waals surface area contributed by atoms with Gasteiger partial charge in [-0.15, -0.1) is 0 Å². The second kappa shape index (κ2) is 8.32. The van der Waals surface area contributed by atoms with Crippen LogP contribution in [-0.4, -0.2) is 41.8 Å². The Morgan fingerprint density at radius 2 is 1.38 bits per heavy atom. The Balaban J connectivity index is 2.83. The number of hydrogen-bond acceptors (Lipinski definition) is 0. The van der Waals surface area contributed by atoms with Crippen LogP contribution in [0.2, 0.25) is 18.9 Å². The molecule has 0 saturated heterocycles. The van der Waals surface area contributed by atoms with Crippen molar-refractivity contribution in [3.63, 3.8) is 0 Å². The molecule has 0 unspecified atom stereocenters. The summed E-state index contributed by atoms with van der Waals surface area (Å²) < 4.78 is 2.80. The number of hydrogen-bond donors (Lipinski definition) is 0. The molecule has 8 heavy (non-hydrogen) atoms. The molecule has 0 aromatic heterocycles. The molecule has 0 saturated carbocycles. The molecule has 0 bridgehead atoms. The van der Waals surface area contributed by atoms with Crippen molar-refractivity contribution in [2.24, 2.45) is 0 Å². The van der Waals surface area contributed by atoms with Gasteiger partial charge in [-0.3, -0.25) is 0 Å². The van der Waals surface area contributed by atoms with Crippen molar-refractivity contribution in [2.75, 3.05) is 0 Å². The Kier molecular flexibility index (Phi) is 9.69. The number of rotatable bonds is 4. The standard InChI is InChI=1S/C6H12Te2/c1-7-5-3-4-6-8-2/h3-4H,5-6H2,1-2H3. The molecule has 0 aromatic rings. The summed E-state index contributed by atoms with van der Waals surface area (Å²) in [5.41, 5.74) is 0. The Hall–Kier alpha value is 1.32. The van der Waals surface area contributed by atoms with Gasteiger partial charge >= 0.3 is 72.9 Å². The molecule has 0 N–H and O–H groups in total. The zero-order valence-corrected chi connectivity index (χ0v) is 10.0. The van der Waals surface area contributed by atoms with Gasteiger partial charge in [-0.05, 0) is 0 Å². The van der Waals surface area contributed by atoms with E-state index in [0.29, 0.717) is 41.8 Å². The van der Waals surface area contributed by atoms with Gasteiger partial charge in [0, 0.05) is 0 Å². The SMILES string of the molecule is C[Te]CC=CC[Te]C. The minimum absolute atomic E-state index is 0.376. The van der Waals surface area contributed by atoms with Crippen LogP contribution in [0.5, 0.6) is 0 Å². The van der Waals surface area contributed by atoms with E-state index in [1.807, 2.05) is 0 Å². The van der Waals surface area contributed by atoms with E-state index in [0.717, 1.165) is 0 Å². The second-order valence-electron chi connectivity index (χ2n) is 1.38. The molecule has 0 aliphatic carbocycles. The van der Waals surface area contributed by atoms with Crippen LogP contribution in [0.25, 0.3) is 0 Å². The van der Waals surface area contributed by atoms with Crippen molar-refractivity contribution < 1.29 is 0 Å². The molecule has 0 aliphatic heterocycles. The first-order chi connectivity index (χ1) is 3.91. The van der Waals surface area contributed by atoms with Crippen LogP contribution in [0, 0.1) is 0 Å². The Morgan fingerprint density at radius 3 is 1.62 bits per heavy atom. The molecule has 0 heterocycles. The summed E-state index contributed by atoms with van der Waals surface area (Å²) in [7, 11) is 0. The normalized spacial score (nSPS) is 10.8. The zero-order chi connectivity index (χ0) is 6.24. The van der Waals surface area contributed by atoms with E-state index in [2.05, 4.69) is 22.1 Å². The summed E-state index contributed by atoms with van der Waals surface area (Å²) in [6, 6.07) is 0. The second-order valence-corrected chi connectivity index (χ2v) is 6.58. The van der Waals surface area contributed by atoms with Gasteiger partial charge in [-0.25, -0.2) is 0 Å². The predicted octanol–water partition coefficient (Wildman–Crippen LogP) is 1.88. The van der Waals surface area contributed by atoms with Gasteiger partial charge in [0.05, 0.1) is 0 Å². The molecule has 0 amide bonds. The molecular formula is C6H12Te2. The van der Waals surface area contributed by atoms with E-state index in [1.54, 1.807) is 0 Å². The molecular weight excluding hydrogens is 327 g/mol. The fourth-order valence-corrected chi connectivity index (χ4v) is 2.20. The molecule has 0 radical (unpaired) electrons. The van der Waals surface area contributed by atoms with Gasteiger partial charge in [0.2, 0.25) is 0 Å². The predicted molar refractivity (Wildman–Crippen MR) is 42.0 cm³/mol. The molecule has 0 rings (SSSR count). The maximum atomic E-state index is 2.36. The average molecular weight is 339 g/mol. The topological polar surface area (TPSA) is 0 Å². The van der Waals surface area contributed by atoms with Gasteiger partial charge < -0.3 is 0 Å². The summed E-state index contributed by atoms with van der Waals surface area (Å²) in [6.07, 6.45) is 4.72. The van der Waals surface area contributed by atoms with Crippen LogP contribution in [0.4, 0.5) is 0 Å².